The summed E-state index contributed by atoms with van der Waals surface area (Å²) in [6.45, 7) is 4.76. The Bertz CT molecular complexity index is 2360. The summed E-state index contributed by atoms with van der Waals surface area (Å²) in [6.07, 6.45) is 0. The molecule has 0 bridgehead atoms. The number of anilines is 3. The van der Waals surface area contributed by atoms with E-state index in [0.717, 1.165) is 11.4 Å². The topological polar surface area (TPSA) is 8.17 Å². The molecule has 47 heavy (non-hydrogen) atoms. The molecule has 0 amide bonds. The van der Waals surface area contributed by atoms with Gasteiger partial charge in [-0.1, -0.05) is 117 Å². The van der Waals surface area contributed by atoms with Crippen LogP contribution in [0.5, 0.6) is 0 Å². The molecule has 7 aromatic carbocycles. The Hall–Kier alpha value is -5.86. The highest BCUT2D eigenvalue weighted by Crippen LogP contribution is 2.52. The van der Waals surface area contributed by atoms with Crippen LogP contribution in [-0.4, -0.2) is 4.57 Å². The zero-order chi connectivity index (χ0) is 31.5. The van der Waals surface area contributed by atoms with E-state index in [1.165, 1.54) is 66.6 Å². The lowest BCUT2D eigenvalue weighted by Gasteiger charge is -2.28. The van der Waals surface area contributed by atoms with Crippen molar-refractivity contribution in [2.75, 3.05) is 4.90 Å². The predicted molar refractivity (Wildman–Crippen MR) is 198 cm³/mol. The van der Waals surface area contributed by atoms with Crippen LogP contribution in [0.3, 0.4) is 0 Å². The summed E-state index contributed by atoms with van der Waals surface area (Å²) in [6, 6.07) is 61.7. The molecule has 0 atom stereocenters. The van der Waals surface area contributed by atoms with E-state index in [1.807, 2.05) is 0 Å². The molecule has 1 aliphatic rings. The lowest BCUT2D eigenvalue weighted by Crippen LogP contribution is -2.16. The molecule has 224 valence electrons. The highest BCUT2D eigenvalue weighted by Gasteiger charge is 2.37. The van der Waals surface area contributed by atoms with Gasteiger partial charge in [0.25, 0.3) is 0 Å². The van der Waals surface area contributed by atoms with Crippen LogP contribution in [-0.2, 0) is 5.41 Å². The van der Waals surface area contributed by atoms with Crippen molar-refractivity contribution in [1.82, 2.24) is 4.57 Å². The molecule has 0 radical (unpaired) electrons. The molecule has 0 unspecified atom stereocenters. The quantitative estimate of drug-likeness (QED) is 0.190. The van der Waals surface area contributed by atoms with Crippen molar-refractivity contribution in [1.29, 1.82) is 0 Å². The minimum Gasteiger partial charge on any atom is -0.310 e. The maximum atomic E-state index is 2.46. The molecule has 0 N–H and O–H groups in total. The van der Waals surface area contributed by atoms with Gasteiger partial charge in [0.1, 0.15) is 0 Å². The minimum atomic E-state index is -0.174. The molecule has 9 rings (SSSR count). The van der Waals surface area contributed by atoms with Gasteiger partial charge in [-0.2, -0.15) is 0 Å². The van der Waals surface area contributed by atoms with E-state index in [0.29, 0.717) is 0 Å². The zero-order valence-corrected chi connectivity index (χ0v) is 26.6. The predicted octanol–water partition coefficient (Wildman–Crippen LogP) is 12.2. The molecule has 1 aromatic heterocycles. The average Bonchev–Trinajstić information content (AvgIpc) is 3.57. The molecule has 0 fully saturated rings. The van der Waals surface area contributed by atoms with Gasteiger partial charge in [0.05, 0.1) is 11.0 Å². The Morgan fingerprint density at radius 1 is 0.426 bits per heavy atom. The molecule has 0 saturated heterocycles. The Labute approximate surface area is 275 Å². The smallest absolute Gasteiger partial charge is 0.0544 e. The summed E-state index contributed by atoms with van der Waals surface area (Å²) >= 11 is 0. The van der Waals surface area contributed by atoms with Crippen molar-refractivity contribution in [3.63, 3.8) is 0 Å². The van der Waals surface area contributed by atoms with Crippen LogP contribution in [0, 0.1) is 0 Å². The zero-order valence-electron chi connectivity index (χ0n) is 26.6. The van der Waals surface area contributed by atoms with Crippen molar-refractivity contribution in [2.24, 2.45) is 0 Å². The highest BCUT2D eigenvalue weighted by atomic mass is 15.1. The number of hydrogen-bond acceptors (Lipinski definition) is 1. The molecular formula is C45H34N2. The second-order valence-corrected chi connectivity index (χ2v) is 13.0. The van der Waals surface area contributed by atoms with Crippen LogP contribution >= 0.6 is 0 Å². The first-order chi connectivity index (χ1) is 23.1. The van der Waals surface area contributed by atoms with E-state index in [-0.39, 0.29) is 5.41 Å². The average molecular weight is 603 g/mol. The summed E-state index contributed by atoms with van der Waals surface area (Å²) in [5, 5.41) is 2.56. The number of benzene rings is 7. The van der Waals surface area contributed by atoms with E-state index in [4.69, 9.17) is 0 Å². The fourth-order valence-corrected chi connectivity index (χ4v) is 7.64. The monoisotopic (exact) mass is 602 g/mol. The van der Waals surface area contributed by atoms with Crippen molar-refractivity contribution >= 4 is 38.9 Å². The van der Waals surface area contributed by atoms with Gasteiger partial charge in [-0.3, -0.25) is 0 Å². The molecule has 2 nitrogen and oxygen atoms in total. The first-order valence-corrected chi connectivity index (χ1v) is 16.4. The maximum Gasteiger partial charge on any atom is 0.0544 e. The molecular weight excluding hydrogens is 569 g/mol. The largest absolute Gasteiger partial charge is 0.310 e. The number of nitrogens with zero attached hydrogens (tertiary/aromatic N) is 2. The lowest BCUT2D eigenvalue weighted by atomic mass is 9.82. The summed E-state index contributed by atoms with van der Waals surface area (Å²) in [5.41, 5.74) is 14.8. The summed E-state index contributed by atoms with van der Waals surface area (Å²) < 4.78 is 2.44. The van der Waals surface area contributed by atoms with Crippen LogP contribution in [0.4, 0.5) is 17.1 Å². The fourth-order valence-electron chi connectivity index (χ4n) is 7.64. The van der Waals surface area contributed by atoms with E-state index < -0.39 is 0 Å². The Kier molecular flexibility index (Phi) is 6.20. The lowest BCUT2D eigenvalue weighted by molar-refractivity contribution is 0.661. The van der Waals surface area contributed by atoms with E-state index in [2.05, 4.69) is 193 Å². The van der Waals surface area contributed by atoms with Crippen LogP contribution < -0.4 is 4.90 Å². The standard InChI is InChI=1S/C45H34N2/c1-45(2)41-28-36(46(33-16-8-4-9-17-33)34-18-10-5-11-19-34)26-27-37(41)39-29-40-38-20-12-13-21-43(38)47(44(40)30-42(39)45)35-24-22-32(23-25-35)31-14-6-3-7-15-31/h3-30H,1-2H3. The van der Waals surface area contributed by atoms with Gasteiger partial charge < -0.3 is 9.47 Å². The van der Waals surface area contributed by atoms with E-state index in [9.17, 15) is 0 Å². The Morgan fingerprint density at radius 2 is 1.00 bits per heavy atom. The molecule has 2 heteroatoms. The van der Waals surface area contributed by atoms with E-state index >= 15 is 0 Å². The number of fused-ring (bicyclic) bond motifs is 6. The van der Waals surface area contributed by atoms with E-state index in [1.54, 1.807) is 0 Å². The fraction of sp³-hybridized carbons (Fsp3) is 0.0667. The highest BCUT2D eigenvalue weighted by molar-refractivity contribution is 6.11. The second-order valence-electron chi connectivity index (χ2n) is 13.0. The molecule has 0 saturated carbocycles. The molecule has 0 aliphatic heterocycles. The van der Waals surface area contributed by atoms with Gasteiger partial charge in [-0.05, 0) is 100 Å². The number of hydrogen-bond donors (Lipinski definition) is 0. The molecule has 1 aliphatic carbocycles. The van der Waals surface area contributed by atoms with Crippen molar-refractivity contribution in [2.45, 2.75) is 19.3 Å². The summed E-state index contributed by atoms with van der Waals surface area (Å²) in [7, 11) is 0. The number of rotatable bonds is 5. The minimum absolute atomic E-state index is 0.174. The molecule has 0 spiro atoms. The second kappa shape index (κ2) is 10.6. The third-order valence-electron chi connectivity index (χ3n) is 9.97. The van der Waals surface area contributed by atoms with Crippen molar-refractivity contribution < 1.29 is 0 Å². The SMILES string of the molecule is CC1(C)c2cc(N(c3ccccc3)c3ccccc3)ccc2-c2cc3c4ccccc4n(-c4ccc(-c5ccccc5)cc4)c3cc21. The summed E-state index contributed by atoms with van der Waals surface area (Å²) in [4.78, 5) is 2.36. The van der Waals surface area contributed by atoms with Gasteiger partial charge in [-0.25, -0.2) is 0 Å². The van der Waals surface area contributed by atoms with Crippen molar-refractivity contribution in [3.05, 3.63) is 181 Å². The first-order valence-electron chi connectivity index (χ1n) is 16.4. The number of aromatic nitrogens is 1. The molecule has 1 heterocycles. The first kappa shape index (κ1) is 27.5. The van der Waals surface area contributed by atoms with Crippen LogP contribution in [0.1, 0.15) is 25.0 Å². The van der Waals surface area contributed by atoms with Gasteiger partial charge >= 0.3 is 0 Å². The summed E-state index contributed by atoms with van der Waals surface area (Å²) in [5.74, 6) is 0. The Balaban J connectivity index is 1.21. The Morgan fingerprint density at radius 3 is 1.68 bits per heavy atom. The van der Waals surface area contributed by atoms with Crippen LogP contribution in [0.25, 0.3) is 49.7 Å². The van der Waals surface area contributed by atoms with Crippen LogP contribution in [0.2, 0.25) is 0 Å². The van der Waals surface area contributed by atoms with Gasteiger partial charge in [0.15, 0.2) is 0 Å². The number of para-hydroxylation sites is 3. The van der Waals surface area contributed by atoms with Gasteiger partial charge in [0.2, 0.25) is 0 Å². The van der Waals surface area contributed by atoms with Crippen LogP contribution in [0.15, 0.2) is 170 Å². The third kappa shape index (κ3) is 4.33. The normalized spacial score (nSPS) is 13.1. The third-order valence-corrected chi connectivity index (χ3v) is 9.97. The molecule has 8 aromatic rings. The van der Waals surface area contributed by atoms with Gasteiger partial charge in [0, 0.05) is 38.9 Å². The maximum absolute atomic E-state index is 2.46. The van der Waals surface area contributed by atoms with Gasteiger partial charge in [-0.15, -0.1) is 0 Å². The van der Waals surface area contributed by atoms with Crippen molar-refractivity contribution in [3.8, 4) is 27.9 Å².